The number of piperidine rings is 1. The summed E-state index contributed by atoms with van der Waals surface area (Å²) < 4.78 is 11.1. The maximum absolute atomic E-state index is 13.0. The number of anilines is 2. The van der Waals surface area contributed by atoms with Gasteiger partial charge in [0.25, 0.3) is 5.91 Å². The maximum Gasteiger partial charge on any atom is 0.253 e. The minimum absolute atomic E-state index is 0.0758. The second-order valence-corrected chi connectivity index (χ2v) is 11.2. The van der Waals surface area contributed by atoms with Gasteiger partial charge in [0.2, 0.25) is 5.95 Å². The second kappa shape index (κ2) is 12.5. The third-order valence-electron chi connectivity index (χ3n) is 8.55. The molecule has 0 aliphatic carbocycles. The molecule has 6 rings (SSSR count). The topological polar surface area (TPSA) is 104 Å². The summed E-state index contributed by atoms with van der Waals surface area (Å²) in [5.41, 5.74) is 3.66. The van der Waals surface area contributed by atoms with Gasteiger partial charge in [-0.1, -0.05) is 18.2 Å². The van der Waals surface area contributed by atoms with Gasteiger partial charge in [-0.15, -0.1) is 0 Å². The Kier molecular flexibility index (Phi) is 8.40. The number of nitrogens with zero attached hydrogens (tertiary/aromatic N) is 6. The average molecular weight is 583 g/mol. The Morgan fingerprint density at radius 2 is 1.84 bits per heavy atom. The van der Waals surface area contributed by atoms with E-state index in [1.807, 2.05) is 72.6 Å². The lowest BCUT2D eigenvalue weighted by molar-refractivity contribution is 0.0713. The van der Waals surface area contributed by atoms with Crippen LogP contribution in [0.3, 0.4) is 0 Å². The van der Waals surface area contributed by atoms with Crippen LogP contribution in [0.15, 0.2) is 60.7 Å². The molecular formula is C33H38N6O4. The highest BCUT2D eigenvalue weighted by molar-refractivity contribution is 5.94. The molecule has 10 nitrogen and oxygen atoms in total. The molecule has 0 saturated carbocycles. The van der Waals surface area contributed by atoms with Crippen molar-refractivity contribution < 1.29 is 19.4 Å². The van der Waals surface area contributed by atoms with Crippen LogP contribution in [0.5, 0.6) is 5.75 Å². The lowest BCUT2D eigenvalue weighted by Crippen LogP contribution is -2.46. The first kappa shape index (κ1) is 28.8. The predicted octanol–water partition coefficient (Wildman–Crippen LogP) is 4.16. The molecule has 4 aromatic rings. The van der Waals surface area contributed by atoms with Crippen LogP contribution in [-0.2, 0) is 11.3 Å². The summed E-state index contributed by atoms with van der Waals surface area (Å²) in [5, 5.41) is 10.7. The number of aromatic nitrogens is 3. The number of methoxy groups -OCH3 is 1. The molecule has 1 amide bonds. The number of aliphatic hydroxyl groups is 1. The van der Waals surface area contributed by atoms with Crippen molar-refractivity contribution in [3.8, 4) is 17.0 Å². The molecule has 0 unspecified atom stereocenters. The molecular weight excluding hydrogens is 544 g/mol. The first-order valence-electron chi connectivity index (χ1n) is 14.8. The molecule has 0 bridgehead atoms. The van der Waals surface area contributed by atoms with Crippen molar-refractivity contribution in [3.63, 3.8) is 0 Å². The predicted molar refractivity (Wildman–Crippen MR) is 167 cm³/mol. The van der Waals surface area contributed by atoms with Crippen LogP contribution in [0, 0.1) is 0 Å². The summed E-state index contributed by atoms with van der Waals surface area (Å²) in [5.74, 6) is 2.18. The normalized spacial score (nSPS) is 17.7. The van der Waals surface area contributed by atoms with Gasteiger partial charge in [-0.2, -0.15) is 9.97 Å². The molecule has 2 saturated heterocycles. The Labute approximate surface area is 251 Å². The summed E-state index contributed by atoms with van der Waals surface area (Å²) >= 11 is 0. The highest BCUT2D eigenvalue weighted by Gasteiger charge is 2.29. The van der Waals surface area contributed by atoms with Crippen molar-refractivity contribution in [1.29, 1.82) is 0 Å². The van der Waals surface area contributed by atoms with E-state index in [1.165, 1.54) is 0 Å². The Bertz CT molecular complexity index is 1590. The lowest BCUT2D eigenvalue weighted by atomic mass is 10.0. The summed E-state index contributed by atoms with van der Waals surface area (Å²) in [4.78, 5) is 34.5. The van der Waals surface area contributed by atoms with Crippen molar-refractivity contribution in [2.45, 2.75) is 38.5 Å². The van der Waals surface area contributed by atoms with Crippen LogP contribution >= 0.6 is 0 Å². The Morgan fingerprint density at radius 3 is 2.56 bits per heavy atom. The number of carbonyl (C=O) groups is 1. The van der Waals surface area contributed by atoms with Gasteiger partial charge >= 0.3 is 0 Å². The van der Waals surface area contributed by atoms with Gasteiger partial charge in [0.05, 0.1) is 44.1 Å². The van der Waals surface area contributed by atoms with Gasteiger partial charge in [-0.3, -0.25) is 4.79 Å². The maximum atomic E-state index is 13.0. The molecule has 43 heavy (non-hydrogen) atoms. The zero-order valence-electron chi connectivity index (χ0n) is 24.9. The molecule has 2 aromatic carbocycles. The standard InChI is InChI=1S/C33H38N6O4/c1-22-21-43-18-17-39(22)31-27-10-11-28(24-9-12-29(42-3)25(19-24)20-40)34-30(27)35-33(36-31)37(2)26-13-15-38(16-14-26)32(41)23-7-5-4-6-8-23/h4-12,19,22,26,40H,13-18,20-21H2,1-3H3/t22-/m0/s1. The molecule has 0 spiro atoms. The number of aliphatic hydroxyl groups excluding tert-OH is 1. The van der Waals surface area contributed by atoms with Gasteiger partial charge in [0.1, 0.15) is 11.6 Å². The van der Waals surface area contributed by atoms with Gasteiger partial charge in [0, 0.05) is 49.4 Å². The Hall–Kier alpha value is -4.28. The van der Waals surface area contributed by atoms with Gasteiger partial charge in [-0.25, -0.2) is 4.98 Å². The van der Waals surface area contributed by atoms with E-state index in [9.17, 15) is 9.90 Å². The molecule has 0 radical (unpaired) electrons. The number of pyridine rings is 1. The fraction of sp³-hybridized carbons (Fsp3) is 0.394. The smallest absolute Gasteiger partial charge is 0.253 e. The van der Waals surface area contributed by atoms with Gasteiger partial charge in [-0.05, 0) is 62.2 Å². The number of rotatable bonds is 7. The monoisotopic (exact) mass is 582 g/mol. The summed E-state index contributed by atoms with van der Waals surface area (Å²) in [6, 6.07) is 19.5. The van der Waals surface area contributed by atoms with Crippen molar-refractivity contribution in [2.24, 2.45) is 0 Å². The highest BCUT2D eigenvalue weighted by atomic mass is 16.5. The minimum atomic E-state index is -0.128. The Balaban J connectivity index is 1.32. The number of hydrogen-bond acceptors (Lipinski definition) is 9. The number of carbonyl (C=O) groups excluding carboxylic acids is 1. The zero-order chi connectivity index (χ0) is 29.9. The van der Waals surface area contributed by atoms with E-state index < -0.39 is 0 Å². The van der Waals surface area contributed by atoms with Gasteiger partial charge in [0.15, 0.2) is 5.65 Å². The minimum Gasteiger partial charge on any atom is -0.496 e. The van der Waals surface area contributed by atoms with E-state index >= 15 is 0 Å². The molecule has 2 aliphatic rings. The number of benzene rings is 2. The van der Waals surface area contributed by atoms with E-state index in [4.69, 9.17) is 24.4 Å². The average Bonchev–Trinajstić information content (AvgIpc) is 3.07. The number of hydrogen-bond donors (Lipinski definition) is 1. The van der Waals surface area contributed by atoms with Crippen molar-refractivity contribution in [2.75, 3.05) is 56.8 Å². The van der Waals surface area contributed by atoms with E-state index in [0.717, 1.165) is 47.4 Å². The second-order valence-electron chi connectivity index (χ2n) is 11.2. The number of likely N-dealkylation sites (tertiary alicyclic amines) is 1. The third-order valence-corrected chi connectivity index (χ3v) is 8.55. The van der Waals surface area contributed by atoms with Crippen LogP contribution in [0.1, 0.15) is 35.7 Å². The third kappa shape index (κ3) is 5.85. The first-order valence-corrected chi connectivity index (χ1v) is 14.8. The molecule has 10 heteroatoms. The van der Waals surface area contributed by atoms with E-state index in [1.54, 1.807) is 7.11 Å². The lowest BCUT2D eigenvalue weighted by Gasteiger charge is -2.38. The van der Waals surface area contributed by atoms with E-state index in [2.05, 4.69) is 16.7 Å². The van der Waals surface area contributed by atoms with Crippen LogP contribution in [0.25, 0.3) is 22.3 Å². The van der Waals surface area contributed by atoms with Gasteiger partial charge < -0.3 is 29.3 Å². The first-order chi connectivity index (χ1) is 21.0. The molecule has 1 atom stereocenters. The molecule has 2 fully saturated rings. The fourth-order valence-electron chi connectivity index (χ4n) is 6.01. The molecule has 2 aliphatic heterocycles. The summed E-state index contributed by atoms with van der Waals surface area (Å²) in [7, 11) is 3.63. The molecule has 224 valence electrons. The Morgan fingerprint density at radius 1 is 1.05 bits per heavy atom. The van der Waals surface area contributed by atoms with Crippen molar-refractivity contribution in [3.05, 3.63) is 71.8 Å². The number of ether oxygens (including phenoxy) is 2. The summed E-state index contributed by atoms with van der Waals surface area (Å²) in [6.07, 6.45) is 1.64. The molecule has 4 heterocycles. The molecule has 2 aromatic heterocycles. The van der Waals surface area contributed by atoms with E-state index in [-0.39, 0.29) is 24.6 Å². The number of fused-ring (bicyclic) bond motifs is 1. The zero-order valence-corrected chi connectivity index (χ0v) is 24.9. The van der Waals surface area contributed by atoms with Crippen LogP contribution in [-0.4, -0.2) is 90.0 Å². The SMILES string of the molecule is COc1ccc(-c2ccc3c(N4CCOC[C@@H]4C)nc(N(C)C4CCN(C(=O)c5ccccc5)CC4)nc3n2)cc1CO. The molecule has 1 N–H and O–H groups in total. The van der Waals surface area contributed by atoms with Crippen molar-refractivity contribution in [1.82, 2.24) is 19.9 Å². The van der Waals surface area contributed by atoms with Crippen molar-refractivity contribution >= 4 is 28.7 Å². The van der Waals surface area contributed by atoms with Crippen LogP contribution in [0.4, 0.5) is 11.8 Å². The van der Waals surface area contributed by atoms with Crippen LogP contribution < -0.4 is 14.5 Å². The fourth-order valence-corrected chi connectivity index (χ4v) is 6.01. The largest absolute Gasteiger partial charge is 0.496 e. The summed E-state index contributed by atoms with van der Waals surface area (Å²) in [6.45, 7) is 5.37. The van der Waals surface area contributed by atoms with Crippen LogP contribution in [0.2, 0.25) is 0 Å². The number of morpholine rings is 1. The quantitative estimate of drug-likeness (QED) is 0.344. The number of amides is 1. The van der Waals surface area contributed by atoms with E-state index in [0.29, 0.717) is 49.2 Å². The highest BCUT2D eigenvalue weighted by Crippen LogP contribution is 2.32.